The van der Waals surface area contributed by atoms with Crippen LogP contribution in [0.15, 0.2) is 0 Å². The third-order valence-corrected chi connectivity index (χ3v) is 4.07. The molecular formula is C9H20S2. The molecule has 0 aliphatic carbocycles. The van der Waals surface area contributed by atoms with Crippen LogP contribution in [0.25, 0.3) is 0 Å². The lowest BCUT2D eigenvalue weighted by Crippen LogP contribution is -2.37. The van der Waals surface area contributed by atoms with Crippen LogP contribution < -0.4 is 0 Å². The summed E-state index contributed by atoms with van der Waals surface area (Å²) in [5.41, 5.74) is 0.312. The van der Waals surface area contributed by atoms with Gasteiger partial charge >= 0.3 is 0 Å². The molecule has 68 valence electrons. The SMILES string of the molecule is CC(C)C(CS)(CS)C(C)C. The minimum absolute atomic E-state index is 0.312. The maximum absolute atomic E-state index is 4.41. The summed E-state index contributed by atoms with van der Waals surface area (Å²) >= 11 is 8.82. The highest BCUT2D eigenvalue weighted by Crippen LogP contribution is 2.37. The Morgan fingerprint density at radius 3 is 1.18 bits per heavy atom. The van der Waals surface area contributed by atoms with Crippen LogP contribution in [0.4, 0.5) is 0 Å². The molecule has 0 bridgehead atoms. The molecule has 0 saturated heterocycles. The van der Waals surface area contributed by atoms with Crippen LogP contribution in [0.5, 0.6) is 0 Å². The summed E-state index contributed by atoms with van der Waals surface area (Å²) < 4.78 is 0. The van der Waals surface area contributed by atoms with Gasteiger partial charge in [0.05, 0.1) is 0 Å². The number of thiol groups is 2. The highest BCUT2D eigenvalue weighted by Gasteiger charge is 2.34. The third kappa shape index (κ3) is 2.32. The van der Waals surface area contributed by atoms with Gasteiger partial charge in [-0.05, 0) is 28.8 Å². The molecule has 0 N–H and O–H groups in total. The van der Waals surface area contributed by atoms with E-state index in [1.54, 1.807) is 0 Å². The fourth-order valence-corrected chi connectivity index (χ4v) is 3.31. The lowest BCUT2D eigenvalue weighted by atomic mass is 9.72. The average Bonchev–Trinajstić information content (AvgIpc) is 1.90. The van der Waals surface area contributed by atoms with Crippen molar-refractivity contribution in [2.24, 2.45) is 17.3 Å². The molecule has 0 aliphatic rings. The molecule has 0 nitrogen and oxygen atoms in total. The maximum atomic E-state index is 4.41. The second-order valence-electron chi connectivity index (χ2n) is 3.86. The third-order valence-electron chi connectivity index (χ3n) is 2.89. The van der Waals surface area contributed by atoms with Crippen LogP contribution >= 0.6 is 25.3 Å². The first-order valence-electron chi connectivity index (χ1n) is 4.23. The van der Waals surface area contributed by atoms with Crippen molar-refractivity contribution in [1.82, 2.24) is 0 Å². The van der Waals surface area contributed by atoms with E-state index in [0.717, 1.165) is 11.5 Å². The summed E-state index contributed by atoms with van der Waals surface area (Å²) in [6.07, 6.45) is 0. The Bertz CT molecular complexity index is 94.1. The Labute approximate surface area is 82.0 Å². The van der Waals surface area contributed by atoms with Crippen LogP contribution in [0.2, 0.25) is 0 Å². The summed E-state index contributed by atoms with van der Waals surface area (Å²) in [5.74, 6) is 3.20. The van der Waals surface area contributed by atoms with Gasteiger partial charge in [0.1, 0.15) is 0 Å². The van der Waals surface area contributed by atoms with Crippen molar-refractivity contribution in [3.05, 3.63) is 0 Å². The lowest BCUT2D eigenvalue weighted by molar-refractivity contribution is 0.180. The van der Waals surface area contributed by atoms with Gasteiger partial charge in [-0.25, -0.2) is 0 Å². The predicted octanol–water partition coefficient (Wildman–Crippen LogP) is 3.14. The monoisotopic (exact) mass is 192 g/mol. The Balaban J connectivity index is 4.46. The van der Waals surface area contributed by atoms with Gasteiger partial charge in [0.2, 0.25) is 0 Å². The Morgan fingerprint density at radius 1 is 0.909 bits per heavy atom. The average molecular weight is 192 g/mol. The van der Waals surface area contributed by atoms with E-state index in [1.807, 2.05) is 0 Å². The highest BCUT2D eigenvalue weighted by atomic mass is 32.1. The van der Waals surface area contributed by atoms with Crippen molar-refractivity contribution in [2.45, 2.75) is 27.7 Å². The molecule has 0 fully saturated rings. The summed E-state index contributed by atoms with van der Waals surface area (Å²) in [6.45, 7) is 9.03. The normalized spacial score (nSPS) is 13.1. The summed E-state index contributed by atoms with van der Waals surface area (Å²) in [5, 5.41) is 0. The lowest BCUT2D eigenvalue weighted by Gasteiger charge is -2.39. The molecule has 0 saturated carbocycles. The molecule has 0 atom stereocenters. The zero-order chi connectivity index (χ0) is 9.07. The number of hydrogen-bond donors (Lipinski definition) is 2. The van der Waals surface area contributed by atoms with Gasteiger partial charge in [0.25, 0.3) is 0 Å². The van der Waals surface area contributed by atoms with Crippen molar-refractivity contribution in [2.75, 3.05) is 11.5 Å². The summed E-state index contributed by atoms with van der Waals surface area (Å²) in [6, 6.07) is 0. The Hall–Kier alpha value is 0.700. The molecule has 0 amide bonds. The van der Waals surface area contributed by atoms with Crippen molar-refractivity contribution in [3.63, 3.8) is 0 Å². The molecule has 0 spiro atoms. The van der Waals surface area contributed by atoms with Crippen molar-refractivity contribution in [1.29, 1.82) is 0 Å². The minimum atomic E-state index is 0.312. The van der Waals surface area contributed by atoms with Crippen LogP contribution in [0, 0.1) is 17.3 Å². The van der Waals surface area contributed by atoms with Crippen LogP contribution in [-0.4, -0.2) is 11.5 Å². The Morgan fingerprint density at radius 2 is 1.18 bits per heavy atom. The first kappa shape index (κ1) is 11.7. The molecule has 2 heteroatoms. The van der Waals surface area contributed by atoms with Gasteiger partial charge in [0, 0.05) is 0 Å². The van der Waals surface area contributed by atoms with Gasteiger partial charge < -0.3 is 0 Å². The second-order valence-corrected chi connectivity index (χ2v) is 4.49. The van der Waals surface area contributed by atoms with E-state index in [0.29, 0.717) is 17.3 Å². The molecular weight excluding hydrogens is 172 g/mol. The zero-order valence-electron chi connectivity index (χ0n) is 7.96. The van der Waals surface area contributed by atoms with Crippen LogP contribution in [0.3, 0.4) is 0 Å². The Kier molecular flexibility index (Phi) is 4.96. The summed E-state index contributed by atoms with van der Waals surface area (Å²) in [7, 11) is 0. The van der Waals surface area contributed by atoms with E-state index < -0.39 is 0 Å². The molecule has 0 rings (SSSR count). The molecule has 0 aromatic rings. The van der Waals surface area contributed by atoms with E-state index in [4.69, 9.17) is 0 Å². The van der Waals surface area contributed by atoms with Gasteiger partial charge in [-0.15, -0.1) is 0 Å². The fraction of sp³-hybridized carbons (Fsp3) is 1.00. The summed E-state index contributed by atoms with van der Waals surface area (Å²) in [4.78, 5) is 0. The fourth-order valence-electron chi connectivity index (χ4n) is 1.45. The second kappa shape index (κ2) is 4.66. The van der Waals surface area contributed by atoms with Crippen LogP contribution in [0.1, 0.15) is 27.7 Å². The smallest absolute Gasteiger partial charge is 0.00284 e. The molecule has 0 aliphatic heterocycles. The maximum Gasteiger partial charge on any atom is -0.00284 e. The highest BCUT2D eigenvalue weighted by molar-refractivity contribution is 7.81. The van der Waals surface area contributed by atoms with E-state index in [2.05, 4.69) is 53.0 Å². The van der Waals surface area contributed by atoms with E-state index in [-0.39, 0.29) is 0 Å². The molecule has 0 unspecified atom stereocenters. The minimum Gasteiger partial charge on any atom is -0.179 e. The number of hydrogen-bond acceptors (Lipinski definition) is 2. The first-order chi connectivity index (χ1) is 5.01. The first-order valence-corrected chi connectivity index (χ1v) is 5.49. The van der Waals surface area contributed by atoms with E-state index >= 15 is 0 Å². The van der Waals surface area contributed by atoms with Crippen molar-refractivity contribution >= 4 is 25.3 Å². The van der Waals surface area contributed by atoms with Crippen molar-refractivity contribution in [3.8, 4) is 0 Å². The van der Waals surface area contributed by atoms with E-state index in [9.17, 15) is 0 Å². The standard InChI is InChI=1S/C9H20S2/c1-7(2)9(5-10,6-11)8(3)4/h7-8,10-11H,5-6H2,1-4H3. The van der Waals surface area contributed by atoms with Crippen LogP contribution in [-0.2, 0) is 0 Å². The number of rotatable bonds is 4. The zero-order valence-corrected chi connectivity index (χ0v) is 9.75. The topological polar surface area (TPSA) is 0 Å². The predicted molar refractivity (Wildman–Crippen MR) is 59.8 cm³/mol. The van der Waals surface area contributed by atoms with Crippen molar-refractivity contribution < 1.29 is 0 Å². The van der Waals surface area contributed by atoms with Gasteiger partial charge in [-0.2, -0.15) is 25.3 Å². The van der Waals surface area contributed by atoms with Gasteiger partial charge in [-0.1, -0.05) is 27.7 Å². The van der Waals surface area contributed by atoms with Gasteiger partial charge in [-0.3, -0.25) is 0 Å². The molecule has 0 aromatic heterocycles. The largest absolute Gasteiger partial charge is 0.179 e. The van der Waals surface area contributed by atoms with E-state index in [1.165, 1.54) is 0 Å². The molecule has 0 radical (unpaired) electrons. The quantitative estimate of drug-likeness (QED) is 0.628. The molecule has 11 heavy (non-hydrogen) atoms. The molecule has 0 heterocycles. The van der Waals surface area contributed by atoms with Gasteiger partial charge in [0.15, 0.2) is 0 Å². The molecule has 0 aromatic carbocycles.